The lowest BCUT2D eigenvalue weighted by atomic mass is 9.98. The summed E-state index contributed by atoms with van der Waals surface area (Å²) < 4.78 is 21.8. The number of hydrogen-bond acceptors (Lipinski definition) is 7. The van der Waals surface area contributed by atoms with Gasteiger partial charge in [-0.1, -0.05) is 80.3 Å². The molecule has 0 aromatic heterocycles. The molecule has 1 fully saturated rings. The average Bonchev–Trinajstić information content (AvgIpc) is 3.06. The molecule has 0 unspecified atom stereocenters. The highest BCUT2D eigenvalue weighted by atomic mass is 16.5. The van der Waals surface area contributed by atoms with E-state index in [-0.39, 0.29) is 24.7 Å². The van der Waals surface area contributed by atoms with Gasteiger partial charge in [0.15, 0.2) is 0 Å². The van der Waals surface area contributed by atoms with Gasteiger partial charge in [-0.2, -0.15) is 0 Å². The SMILES string of the molecule is C=C(C)C(=O)Oc1ccc(/C=C/c2ccc(-c3ccc(OCCCCOC(=O)C(=C)CC(=O)OC4CCCCC4)cc3)cc2)cc1. The minimum Gasteiger partial charge on any atom is -0.494 e. The van der Waals surface area contributed by atoms with Gasteiger partial charge in [-0.15, -0.1) is 0 Å². The van der Waals surface area contributed by atoms with Gasteiger partial charge in [0.25, 0.3) is 0 Å². The van der Waals surface area contributed by atoms with Crippen LogP contribution in [0.2, 0.25) is 0 Å². The summed E-state index contributed by atoms with van der Waals surface area (Å²) >= 11 is 0. The van der Waals surface area contributed by atoms with Crippen molar-refractivity contribution in [2.24, 2.45) is 0 Å². The van der Waals surface area contributed by atoms with E-state index in [1.54, 1.807) is 19.1 Å². The molecule has 0 spiro atoms. The van der Waals surface area contributed by atoms with E-state index in [1.165, 1.54) is 6.42 Å². The minimum absolute atomic E-state index is 0.0396. The van der Waals surface area contributed by atoms with Crippen molar-refractivity contribution in [2.45, 2.75) is 64.4 Å². The van der Waals surface area contributed by atoms with Crippen LogP contribution in [0.25, 0.3) is 23.3 Å². The second-order valence-corrected chi connectivity index (χ2v) is 11.4. The van der Waals surface area contributed by atoms with Crippen molar-refractivity contribution in [3.8, 4) is 22.6 Å². The van der Waals surface area contributed by atoms with Gasteiger partial charge < -0.3 is 18.9 Å². The van der Waals surface area contributed by atoms with E-state index in [0.29, 0.717) is 30.8 Å². The zero-order chi connectivity index (χ0) is 32.7. The average molecular weight is 623 g/mol. The molecule has 0 aliphatic heterocycles. The normalized spacial score (nSPS) is 13.2. The molecular weight excluding hydrogens is 580 g/mol. The molecule has 1 saturated carbocycles. The number of unbranched alkanes of at least 4 members (excludes halogenated alkanes) is 1. The summed E-state index contributed by atoms with van der Waals surface area (Å²) in [4.78, 5) is 35.9. The standard InChI is InChI=1S/C39H42O7/c1-28(2)38(41)46-36-21-15-31(16-22-36)12-11-30-13-17-32(18-14-30)33-19-23-34(24-20-33)43-25-7-8-26-44-39(42)29(3)27-37(40)45-35-9-5-4-6-10-35/h11-24,35H,1,3-10,25-27H2,2H3/b12-11+. The number of carbonyl (C=O) groups excluding carboxylic acids is 3. The van der Waals surface area contributed by atoms with Crippen LogP contribution in [0.15, 0.2) is 97.1 Å². The Balaban J connectivity index is 1.12. The summed E-state index contributed by atoms with van der Waals surface area (Å²) in [6, 6.07) is 23.5. The monoisotopic (exact) mass is 622 g/mol. The summed E-state index contributed by atoms with van der Waals surface area (Å²) in [6.07, 6.45) is 10.3. The third kappa shape index (κ3) is 11.2. The van der Waals surface area contributed by atoms with Crippen LogP contribution in [0.4, 0.5) is 0 Å². The second kappa shape index (κ2) is 17.5. The van der Waals surface area contributed by atoms with Crippen molar-refractivity contribution in [1.82, 2.24) is 0 Å². The Morgan fingerprint density at radius 3 is 1.87 bits per heavy atom. The molecule has 3 aromatic rings. The summed E-state index contributed by atoms with van der Waals surface area (Å²) in [5.41, 5.74) is 4.71. The van der Waals surface area contributed by atoms with Gasteiger partial charge in [-0.25, -0.2) is 9.59 Å². The number of carbonyl (C=O) groups is 3. The summed E-state index contributed by atoms with van der Waals surface area (Å²) in [6.45, 7) is 9.63. The van der Waals surface area contributed by atoms with E-state index < -0.39 is 17.9 Å². The molecule has 0 radical (unpaired) electrons. The van der Waals surface area contributed by atoms with E-state index in [0.717, 1.165) is 53.7 Å². The molecular formula is C39H42O7. The Bertz CT molecular complexity index is 1510. The molecule has 0 heterocycles. The molecule has 0 bridgehead atoms. The first kappa shape index (κ1) is 34.0. The van der Waals surface area contributed by atoms with E-state index in [2.05, 4.69) is 37.4 Å². The van der Waals surface area contributed by atoms with Crippen molar-refractivity contribution in [2.75, 3.05) is 13.2 Å². The molecule has 1 aliphatic carbocycles. The minimum atomic E-state index is -0.559. The molecule has 3 aromatic carbocycles. The molecule has 1 aliphatic rings. The lowest BCUT2D eigenvalue weighted by Gasteiger charge is -2.21. The summed E-state index contributed by atoms with van der Waals surface area (Å²) in [7, 11) is 0. The highest BCUT2D eigenvalue weighted by molar-refractivity contribution is 5.93. The Morgan fingerprint density at radius 1 is 0.717 bits per heavy atom. The Hall–Kier alpha value is -4.91. The van der Waals surface area contributed by atoms with E-state index in [4.69, 9.17) is 18.9 Å². The highest BCUT2D eigenvalue weighted by Crippen LogP contribution is 2.24. The van der Waals surface area contributed by atoms with Crippen molar-refractivity contribution in [1.29, 1.82) is 0 Å². The molecule has 240 valence electrons. The van der Waals surface area contributed by atoms with Crippen LogP contribution in [0.5, 0.6) is 11.5 Å². The fraction of sp³-hybridized carbons (Fsp3) is 0.308. The number of benzene rings is 3. The quantitative estimate of drug-likeness (QED) is 0.0552. The van der Waals surface area contributed by atoms with E-state index in [9.17, 15) is 14.4 Å². The van der Waals surface area contributed by atoms with Crippen LogP contribution in [0.3, 0.4) is 0 Å². The van der Waals surface area contributed by atoms with Crippen LogP contribution < -0.4 is 9.47 Å². The van der Waals surface area contributed by atoms with Crippen molar-refractivity contribution in [3.05, 3.63) is 108 Å². The van der Waals surface area contributed by atoms with Crippen LogP contribution in [0.1, 0.15) is 69.4 Å². The first-order valence-electron chi connectivity index (χ1n) is 15.8. The maximum atomic E-state index is 12.2. The van der Waals surface area contributed by atoms with Gasteiger partial charge in [-0.3, -0.25) is 4.79 Å². The maximum Gasteiger partial charge on any atom is 0.338 e. The molecule has 7 nitrogen and oxygen atoms in total. The Kier molecular flexibility index (Phi) is 13.0. The zero-order valence-corrected chi connectivity index (χ0v) is 26.5. The smallest absolute Gasteiger partial charge is 0.338 e. The van der Waals surface area contributed by atoms with Crippen LogP contribution in [-0.2, 0) is 23.9 Å². The highest BCUT2D eigenvalue weighted by Gasteiger charge is 2.20. The third-order valence-corrected chi connectivity index (χ3v) is 7.54. The van der Waals surface area contributed by atoms with Crippen molar-refractivity contribution < 1.29 is 33.3 Å². The first-order valence-corrected chi connectivity index (χ1v) is 15.8. The van der Waals surface area contributed by atoms with Gasteiger partial charge in [-0.05, 0) is 92.0 Å². The topological polar surface area (TPSA) is 88.1 Å². The van der Waals surface area contributed by atoms with Crippen LogP contribution in [0, 0.1) is 0 Å². The van der Waals surface area contributed by atoms with E-state index >= 15 is 0 Å². The predicted molar refractivity (Wildman–Crippen MR) is 180 cm³/mol. The molecule has 0 N–H and O–H groups in total. The molecule has 4 rings (SSSR count). The lowest BCUT2D eigenvalue weighted by Crippen LogP contribution is -2.22. The summed E-state index contributed by atoms with van der Waals surface area (Å²) in [5, 5.41) is 0. The second-order valence-electron chi connectivity index (χ2n) is 11.4. The summed E-state index contributed by atoms with van der Waals surface area (Å²) in [5.74, 6) is -0.156. The largest absolute Gasteiger partial charge is 0.494 e. The van der Waals surface area contributed by atoms with Gasteiger partial charge >= 0.3 is 17.9 Å². The van der Waals surface area contributed by atoms with Crippen molar-refractivity contribution in [3.63, 3.8) is 0 Å². The fourth-order valence-electron chi connectivity index (χ4n) is 4.88. The third-order valence-electron chi connectivity index (χ3n) is 7.54. The fourth-order valence-corrected chi connectivity index (χ4v) is 4.88. The maximum absolute atomic E-state index is 12.2. The van der Waals surface area contributed by atoms with Gasteiger partial charge in [0, 0.05) is 11.1 Å². The zero-order valence-electron chi connectivity index (χ0n) is 26.5. The van der Waals surface area contributed by atoms with Crippen LogP contribution in [-0.4, -0.2) is 37.2 Å². The number of esters is 3. The number of hydrogen-bond donors (Lipinski definition) is 0. The van der Waals surface area contributed by atoms with Gasteiger partial charge in [0.2, 0.25) is 0 Å². The Morgan fingerprint density at radius 2 is 1.26 bits per heavy atom. The predicted octanol–water partition coefficient (Wildman–Crippen LogP) is 8.53. The van der Waals surface area contributed by atoms with Crippen molar-refractivity contribution >= 4 is 30.1 Å². The van der Waals surface area contributed by atoms with Crippen LogP contribution >= 0.6 is 0 Å². The molecule has 0 atom stereocenters. The molecule has 0 amide bonds. The number of rotatable bonds is 15. The van der Waals surface area contributed by atoms with Gasteiger partial charge in [0.05, 0.1) is 19.6 Å². The number of ether oxygens (including phenoxy) is 4. The van der Waals surface area contributed by atoms with Gasteiger partial charge in [0.1, 0.15) is 17.6 Å². The first-order chi connectivity index (χ1) is 22.3. The molecule has 46 heavy (non-hydrogen) atoms. The lowest BCUT2D eigenvalue weighted by molar-refractivity contribution is -0.151. The molecule has 7 heteroatoms. The molecule has 0 saturated heterocycles. The van der Waals surface area contributed by atoms with E-state index in [1.807, 2.05) is 48.6 Å². The Labute approximate surface area is 271 Å².